The highest BCUT2D eigenvalue weighted by Crippen LogP contribution is 2.35. The number of rotatable bonds is 25. The number of hydrogen-bond donors (Lipinski definition) is 9. The van der Waals surface area contributed by atoms with E-state index in [1.54, 1.807) is 63.8 Å². The Balaban J connectivity index is 0.000000163. The second-order valence-electron chi connectivity index (χ2n) is 23.6. The number of thiophene rings is 1. The number of furan rings is 1. The number of hydrogen-bond acceptors (Lipinski definition) is 20. The Labute approximate surface area is 582 Å². The molecule has 8 aromatic heterocycles. The third-order valence-corrected chi connectivity index (χ3v) is 17.3. The molecule has 0 radical (unpaired) electrons. The number of nitrogens with one attached hydrogen (secondary N) is 6. The number of fused-ring (bicyclic) bond motifs is 3. The Hall–Kier alpha value is -11.4. The fraction of sp³-hybridized carbons (Fsp3) is 0.306. The molecule has 0 aliphatic carbocycles. The van der Waals surface area contributed by atoms with Crippen LogP contribution >= 0.6 is 11.3 Å². The number of nitrogens with zero attached hydrogens (tertiary/aromatic N) is 9. The molecule has 29 heteroatoms. The molecule has 3 amide bonds. The van der Waals surface area contributed by atoms with Crippen molar-refractivity contribution < 1.29 is 48.6 Å². The van der Waals surface area contributed by atoms with Crippen LogP contribution in [0.15, 0.2) is 122 Å². The quantitative estimate of drug-likeness (QED) is 0.0190. The molecular formula is C72H79N15O13S. The highest BCUT2D eigenvalue weighted by atomic mass is 32.1. The number of carbonyl (C=O) groups excluding carboxylic acids is 3. The maximum Gasteiger partial charge on any atom is 0.310 e. The molecule has 0 saturated heterocycles. The summed E-state index contributed by atoms with van der Waals surface area (Å²) < 4.78 is 27.7. The molecule has 526 valence electrons. The van der Waals surface area contributed by atoms with Crippen LogP contribution < -0.4 is 47.3 Å². The van der Waals surface area contributed by atoms with Crippen molar-refractivity contribution in [2.45, 2.75) is 106 Å². The van der Waals surface area contributed by atoms with Gasteiger partial charge in [-0.1, -0.05) is 82.5 Å². The number of carbonyl (C=O) groups is 3. The highest BCUT2D eigenvalue weighted by molar-refractivity contribution is 7.14. The van der Waals surface area contributed by atoms with E-state index in [0.29, 0.717) is 141 Å². The summed E-state index contributed by atoms with van der Waals surface area (Å²) in [5, 5.41) is 39.8. The molecular weight excluding hydrogens is 1310 g/mol. The molecule has 12 rings (SSSR count). The van der Waals surface area contributed by atoms with Crippen LogP contribution in [0.3, 0.4) is 0 Å². The summed E-state index contributed by atoms with van der Waals surface area (Å²) >= 11 is 1.30. The van der Waals surface area contributed by atoms with E-state index in [4.69, 9.17) is 49.2 Å². The summed E-state index contributed by atoms with van der Waals surface area (Å²) in [6.07, 6.45) is 6.58. The van der Waals surface area contributed by atoms with Crippen LogP contribution in [-0.4, -0.2) is 112 Å². The summed E-state index contributed by atoms with van der Waals surface area (Å²) in [6.45, 7) is 13.3. The minimum absolute atomic E-state index is 0.00939. The molecule has 101 heavy (non-hydrogen) atoms. The number of amides is 3. The number of aromatic nitrogens is 12. The van der Waals surface area contributed by atoms with E-state index in [-0.39, 0.29) is 28.9 Å². The predicted octanol–water partition coefficient (Wildman–Crippen LogP) is 9.74. The number of benzene rings is 4. The van der Waals surface area contributed by atoms with Crippen molar-refractivity contribution in [2.75, 3.05) is 19.8 Å². The first-order valence-electron chi connectivity index (χ1n) is 33.1. The average molecular weight is 1390 g/mol. The second kappa shape index (κ2) is 33.0. The van der Waals surface area contributed by atoms with Crippen molar-refractivity contribution in [3.05, 3.63) is 200 Å². The number of ether oxygens (including phenoxy) is 3. The van der Waals surface area contributed by atoms with Gasteiger partial charge in [0.15, 0.2) is 22.3 Å². The van der Waals surface area contributed by atoms with Crippen molar-refractivity contribution in [2.24, 2.45) is 21.1 Å². The first kappa shape index (κ1) is 72.3. The lowest BCUT2D eigenvalue weighted by Gasteiger charge is -2.12. The van der Waals surface area contributed by atoms with Crippen LogP contribution in [0.1, 0.15) is 137 Å². The minimum atomic E-state index is -0.719. The highest BCUT2D eigenvalue weighted by Gasteiger charge is 2.23. The van der Waals surface area contributed by atoms with Crippen molar-refractivity contribution in [3.8, 4) is 51.4 Å². The van der Waals surface area contributed by atoms with Gasteiger partial charge < -0.3 is 33.6 Å². The Morgan fingerprint density at radius 1 is 0.475 bits per heavy atom. The standard InChI is InChI=1S/C26H29N5O4.C23H25N5O5.C23H25N5O4S/c1-4-6-20-23-24(31(3)29-20)26(33)28-25(27-23)19-14-18(11-12-21(19)35-5-2)13-16-7-9-17(10-8-16)15-22(32)30-34;2*1-4-6-16-19-20(28(3)26-16)23(30)25-21(24-19)15-12-13(7-9-17(15)32-5-2)11-14-8-10-18(33-14)22(29)27-31/h7-12,14,34H,4-6,13,15H2,1-3H3,(H,30,32)(H,27,28,33);2*7-10,12,31H,4-6,11H2,1-3H3,(H,27,29)(H,24,25,30). The predicted molar refractivity (Wildman–Crippen MR) is 379 cm³/mol. The van der Waals surface area contributed by atoms with Gasteiger partial charge in [0.05, 0.1) is 64.9 Å². The first-order valence-corrected chi connectivity index (χ1v) is 33.9. The van der Waals surface area contributed by atoms with E-state index in [0.717, 1.165) is 81.9 Å². The Morgan fingerprint density at radius 2 is 0.871 bits per heavy atom. The monoisotopic (exact) mass is 1390 g/mol. The summed E-state index contributed by atoms with van der Waals surface area (Å²) in [6, 6.07) is 31.5. The molecule has 28 nitrogen and oxygen atoms in total. The number of aromatic amines is 3. The molecule has 4 aromatic carbocycles. The zero-order valence-electron chi connectivity index (χ0n) is 57.4. The molecule has 0 spiro atoms. The fourth-order valence-corrected chi connectivity index (χ4v) is 12.7. The number of hydroxylamine groups is 3. The molecule has 0 atom stereocenters. The molecule has 0 unspecified atom stereocenters. The van der Waals surface area contributed by atoms with Crippen LogP contribution in [0.2, 0.25) is 0 Å². The van der Waals surface area contributed by atoms with E-state index in [1.807, 2.05) is 106 Å². The van der Waals surface area contributed by atoms with Crippen LogP contribution in [0, 0.1) is 0 Å². The first-order chi connectivity index (χ1) is 48.8. The van der Waals surface area contributed by atoms with Crippen molar-refractivity contribution in [1.82, 2.24) is 75.7 Å². The van der Waals surface area contributed by atoms with Crippen LogP contribution in [-0.2, 0) is 70.9 Å². The molecule has 0 fully saturated rings. The molecule has 0 saturated carbocycles. The van der Waals surface area contributed by atoms with Gasteiger partial charge in [0.1, 0.15) is 57.0 Å². The SMILES string of the molecule is CCCc1nn(C)c2c(=O)[nH]c(-c3cc(Cc4ccc(C(=O)NO)o4)ccc3OCC)nc12.CCCc1nn(C)c2c(=O)[nH]c(-c3cc(Cc4ccc(C(=O)NO)s4)ccc3OCC)nc12.CCCc1nn(C)c2c(=O)[nH]c(-c3cc(Cc4ccc(CC(=O)NO)cc4)ccc3OCC)nc12. The van der Waals surface area contributed by atoms with Gasteiger partial charge in [0, 0.05) is 38.9 Å². The zero-order chi connectivity index (χ0) is 72.0. The van der Waals surface area contributed by atoms with Crippen LogP contribution in [0.5, 0.6) is 17.2 Å². The smallest absolute Gasteiger partial charge is 0.310 e. The van der Waals surface area contributed by atoms with Gasteiger partial charge in [-0.15, -0.1) is 11.3 Å². The summed E-state index contributed by atoms with van der Waals surface area (Å²) in [5.41, 5.74) is 16.4. The Morgan fingerprint density at radius 3 is 1.27 bits per heavy atom. The van der Waals surface area contributed by atoms with Crippen molar-refractivity contribution >= 4 is 62.2 Å². The van der Waals surface area contributed by atoms with Crippen LogP contribution in [0.4, 0.5) is 0 Å². The van der Waals surface area contributed by atoms with E-state index in [2.05, 4.69) is 51.0 Å². The number of H-pyrrole nitrogens is 3. The second-order valence-corrected chi connectivity index (χ2v) is 24.7. The number of aryl methyl sites for hydroxylation is 6. The Kier molecular flexibility index (Phi) is 23.6. The van der Waals surface area contributed by atoms with E-state index in [9.17, 15) is 28.8 Å². The molecule has 12 aromatic rings. The van der Waals surface area contributed by atoms with Gasteiger partial charge in [0.25, 0.3) is 22.6 Å². The van der Waals surface area contributed by atoms with Crippen LogP contribution in [0.25, 0.3) is 67.3 Å². The summed E-state index contributed by atoms with van der Waals surface area (Å²) in [5.74, 6) is 1.96. The third-order valence-electron chi connectivity index (χ3n) is 16.2. The van der Waals surface area contributed by atoms with E-state index in [1.165, 1.54) is 17.4 Å². The van der Waals surface area contributed by atoms with Crippen molar-refractivity contribution in [1.29, 1.82) is 0 Å². The Bertz CT molecular complexity index is 4950. The molecule has 9 N–H and O–H groups in total. The maximum absolute atomic E-state index is 12.9. The lowest BCUT2D eigenvalue weighted by molar-refractivity contribution is -0.128. The van der Waals surface area contributed by atoms with Gasteiger partial charge in [-0.25, -0.2) is 31.4 Å². The zero-order valence-corrected chi connectivity index (χ0v) is 58.2. The topological polar surface area (TPSA) is 380 Å². The normalized spacial score (nSPS) is 11.1. The van der Waals surface area contributed by atoms with Crippen molar-refractivity contribution in [3.63, 3.8) is 0 Å². The lowest BCUT2D eigenvalue weighted by Crippen LogP contribution is -2.20. The van der Waals surface area contributed by atoms with Gasteiger partial charge in [-0.05, 0) is 135 Å². The molecule has 0 aliphatic heterocycles. The van der Waals surface area contributed by atoms with Gasteiger partial charge >= 0.3 is 5.91 Å². The third kappa shape index (κ3) is 16.7. The summed E-state index contributed by atoms with van der Waals surface area (Å²) in [4.78, 5) is 97.7. The largest absolute Gasteiger partial charge is 0.493 e. The minimum Gasteiger partial charge on any atom is -0.493 e. The fourth-order valence-electron chi connectivity index (χ4n) is 11.7. The van der Waals surface area contributed by atoms with Gasteiger partial charge in [-0.3, -0.25) is 58.4 Å². The molecule has 0 aliphatic rings. The lowest BCUT2D eigenvalue weighted by atomic mass is 10.00. The summed E-state index contributed by atoms with van der Waals surface area (Å²) in [7, 11) is 5.24. The molecule has 0 bridgehead atoms. The van der Waals surface area contributed by atoms with E-state index < -0.39 is 17.7 Å². The average Bonchev–Trinajstić information content (AvgIpc) is 1.68. The maximum atomic E-state index is 12.9. The van der Waals surface area contributed by atoms with Gasteiger partial charge in [-0.2, -0.15) is 15.3 Å². The molecule has 8 heterocycles. The van der Waals surface area contributed by atoms with E-state index >= 15 is 0 Å². The van der Waals surface area contributed by atoms with Gasteiger partial charge in [0.2, 0.25) is 5.91 Å².